The second kappa shape index (κ2) is 4.91. The Bertz CT molecular complexity index is 405. The van der Waals surface area contributed by atoms with Crippen LogP contribution in [-0.4, -0.2) is 33.3 Å². The molecule has 0 saturated carbocycles. The van der Waals surface area contributed by atoms with E-state index in [1.54, 1.807) is 0 Å². The summed E-state index contributed by atoms with van der Waals surface area (Å²) in [6.45, 7) is 0.924. The first-order chi connectivity index (χ1) is 8.08. The van der Waals surface area contributed by atoms with Crippen LogP contribution in [0.15, 0.2) is 12.4 Å². The van der Waals surface area contributed by atoms with Crippen molar-refractivity contribution < 1.29 is 13.6 Å². The average molecular weight is 243 g/mol. The number of likely N-dealkylation sites (tertiary alicyclic amines) is 1. The van der Waals surface area contributed by atoms with E-state index in [1.165, 1.54) is 12.4 Å². The quantitative estimate of drug-likeness (QED) is 0.810. The fraction of sp³-hybridized carbons (Fsp3) is 0.636. The number of alkyl halides is 2. The van der Waals surface area contributed by atoms with E-state index in [9.17, 15) is 13.6 Å². The number of aromatic nitrogens is 2. The Kier molecular flexibility index (Phi) is 3.51. The van der Waals surface area contributed by atoms with E-state index in [2.05, 4.69) is 4.98 Å². The van der Waals surface area contributed by atoms with Crippen molar-refractivity contribution in [1.82, 2.24) is 14.5 Å². The maximum Gasteiger partial charge on any atom is 0.319 e. The number of nitrogens with zero attached hydrogens (tertiary/aromatic N) is 3. The second-order valence-corrected chi connectivity index (χ2v) is 4.38. The summed E-state index contributed by atoms with van der Waals surface area (Å²) in [6.07, 6.45) is 3.15. The van der Waals surface area contributed by atoms with E-state index >= 15 is 0 Å². The average Bonchev–Trinajstić information content (AvgIpc) is 2.72. The molecule has 0 amide bonds. The molecule has 17 heavy (non-hydrogen) atoms. The minimum absolute atomic E-state index is 0.0151. The highest BCUT2D eigenvalue weighted by Gasteiger charge is 2.24. The zero-order valence-corrected chi connectivity index (χ0v) is 9.64. The Labute approximate surface area is 98.2 Å². The van der Waals surface area contributed by atoms with E-state index in [0.717, 1.165) is 4.57 Å². The number of Topliss-reactive ketones (excluding diaryl/α,β-unsaturated/α-hetero) is 1. The minimum Gasteiger partial charge on any atom is -0.299 e. The van der Waals surface area contributed by atoms with Gasteiger partial charge in [-0.1, -0.05) is 6.92 Å². The van der Waals surface area contributed by atoms with Crippen molar-refractivity contribution in [3.63, 3.8) is 0 Å². The summed E-state index contributed by atoms with van der Waals surface area (Å²) in [7, 11) is 0. The van der Waals surface area contributed by atoms with Gasteiger partial charge in [-0.3, -0.25) is 14.3 Å². The van der Waals surface area contributed by atoms with Gasteiger partial charge in [0.25, 0.3) is 0 Å². The topological polar surface area (TPSA) is 38.1 Å². The van der Waals surface area contributed by atoms with Gasteiger partial charge < -0.3 is 0 Å². The summed E-state index contributed by atoms with van der Waals surface area (Å²) >= 11 is 0. The SMILES string of the molecule is CC1CN(Cc2nccn2C(F)F)CCC1=O. The highest BCUT2D eigenvalue weighted by Crippen LogP contribution is 2.17. The summed E-state index contributed by atoms with van der Waals surface area (Å²) < 4.78 is 26.1. The van der Waals surface area contributed by atoms with Crippen molar-refractivity contribution in [1.29, 1.82) is 0 Å². The molecule has 0 bridgehead atoms. The molecule has 94 valence electrons. The van der Waals surface area contributed by atoms with Gasteiger partial charge in [-0.25, -0.2) is 4.98 Å². The number of carbonyl (C=O) groups excluding carboxylic acids is 1. The number of hydrogen-bond donors (Lipinski definition) is 0. The number of hydrogen-bond acceptors (Lipinski definition) is 3. The van der Waals surface area contributed by atoms with Gasteiger partial charge in [0.1, 0.15) is 11.6 Å². The standard InChI is InChI=1S/C11H15F2N3O/c1-8-6-15(4-2-9(8)17)7-10-14-3-5-16(10)11(12)13/h3,5,8,11H,2,4,6-7H2,1H3. The van der Waals surface area contributed by atoms with Crippen molar-refractivity contribution in [2.24, 2.45) is 5.92 Å². The summed E-state index contributed by atoms with van der Waals surface area (Å²) in [6, 6.07) is 0. The third-order valence-corrected chi connectivity index (χ3v) is 3.08. The summed E-state index contributed by atoms with van der Waals surface area (Å²) in [4.78, 5) is 17.3. The van der Waals surface area contributed by atoms with Gasteiger partial charge in [0.2, 0.25) is 0 Å². The zero-order chi connectivity index (χ0) is 12.4. The molecule has 0 aromatic carbocycles. The summed E-state index contributed by atoms with van der Waals surface area (Å²) in [5.41, 5.74) is 0. The van der Waals surface area contributed by atoms with Crippen molar-refractivity contribution >= 4 is 5.78 Å². The highest BCUT2D eigenvalue weighted by molar-refractivity contribution is 5.81. The summed E-state index contributed by atoms with van der Waals surface area (Å²) in [5, 5.41) is 0. The number of piperidine rings is 1. The third-order valence-electron chi connectivity index (χ3n) is 3.08. The fourth-order valence-corrected chi connectivity index (χ4v) is 2.08. The van der Waals surface area contributed by atoms with Crippen LogP contribution >= 0.6 is 0 Å². The second-order valence-electron chi connectivity index (χ2n) is 4.38. The molecular weight excluding hydrogens is 228 g/mol. The van der Waals surface area contributed by atoms with Crippen LogP contribution in [0, 0.1) is 5.92 Å². The molecule has 4 nitrogen and oxygen atoms in total. The Morgan fingerprint density at radius 3 is 3.00 bits per heavy atom. The largest absolute Gasteiger partial charge is 0.319 e. The van der Waals surface area contributed by atoms with Gasteiger partial charge in [-0.2, -0.15) is 8.78 Å². The maximum absolute atomic E-state index is 12.6. The molecular formula is C11H15F2N3O. The van der Waals surface area contributed by atoms with E-state index in [1.807, 2.05) is 11.8 Å². The molecule has 1 fully saturated rings. The molecule has 1 aliphatic heterocycles. The van der Waals surface area contributed by atoms with E-state index in [-0.39, 0.29) is 11.7 Å². The number of imidazole rings is 1. The molecule has 1 aromatic rings. The predicted octanol–water partition coefficient (Wildman–Crippen LogP) is 1.69. The normalized spacial score (nSPS) is 22.4. The molecule has 0 N–H and O–H groups in total. The lowest BCUT2D eigenvalue weighted by Gasteiger charge is -2.29. The van der Waals surface area contributed by atoms with E-state index in [4.69, 9.17) is 0 Å². The number of carbonyl (C=O) groups is 1. The lowest BCUT2D eigenvalue weighted by atomic mass is 9.99. The number of rotatable bonds is 3. The van der Waals surface area contributed by atoms with Crippen molar-refractivity contribution in [2.45, 2.75) is 26.4 Å². The van der Waals surface area contributed by atoms with Gasteiger partial charge in [-0.15, -0.1) is 0 Å². The molecule has 1 atom stereocenters. The van der Waals surface area contributed by atoms with Gasteiger partial charge >= 0.3 is 6.55 Å². The first kappa shape index (κ1) is 12.2. The van der Waals surface area contributed by atoms with Crippen molar-refractivity contribution in [2.75, 3.05) is 13.1 Å². The molecule has 2 heterocycles. The maximum atomic E-state index is 12.6. The molecule has 0 radical (unpaired) electrons. The van der Waals surface area contributed by atoms with Crippen LogP contribution in [0.4, 0.5) is 8.78 Å². The molecule has 1 aromatic heterocycles. The smallest absolute Gasteiger partial charge is 0.299 e. The molecule has 0 spiro atoms. The minimum atomic E-state index is -2.56. The Morgan fingerprint density at radius 2 is 2.35 bits per heavy atom. The molecule has 6 heteroatoms. The van der Waals surface area contributed by atoms with Crippen LogP contribution in [0.1, 0.15) is 25.7 Å². The Morgan fingerprint density at radius 1 is 1.59 bits per heavy atom. The Hall–Kier alpha value is -1.30. The van der Waals surface area contributed by atoms with Gasteiger partial charge in [0, 0.05) is 37.8 Å². The first-order valence-corrected chi connectivity index (χ1v) is 5.63. The van der Waals surface area contributed by atoms with Crippen LogP contribution in [0.25, 0.3) is 0 Å². The van der Waals surface area contributed by atoms with E-state index < -0.39 is 6.55 Å². The van der Waals surface area contributed by atoms with Crippen molar-refractivity contribution in [3.8, 4) is 0 Å². The van der Waals surface area contributed by atoms with Gasteiger partial charge in [0.05, 0.1) is 6.54 Å². The third kappa shape index (κ3) is 2.69. The van der Waals surface area contributed by atoms with Gasteiger partial charge in [-0.05, 0) is 0 Å². The summed E-state index contributed by atoms with van der Waals surface area (Å²) in [5.74, 6) is 0.582. The lowest BCUT2D eigenvalue weighted by Crippen LogP contribution is -2.39. The van der Waals surface area contributed by atoms with Crippen molar-refractivity contribution in [3.05, 3.63) is 18.2 Å². The lowest BCUT2D eigenvalue weighted by molar-refractivity contribution is -0.125. The molecule has 1 unspecified atom stereocenters. The van der Waals surface area contributed by atoms with Crippen LogP contribution in [0.3, 0.4) is 0 Å². The molecule has 2 rings (SSSR count). The van der Waals surface area contributed by atoms with Crippen LogP contribution in [0.2, 0.25) is 0 Å². The molecule has 0 aliphatic carbocycles. The van der Waals surface area contributed by atoms with Gasteiger partial charge in [0.15, 0.2) is 0 Å². The van der Waals surface area contributed by atoms with Crippen LogP contribution < -0.4 is 0 Å². The highest BCUT2D eigenvalue weighted by atomic mass is 19.3. The van der Waals surface area contributed by atoms with Crippen LogP contribution in [-0.2, 0) is 11.3 Å². The Balaban J connectivity index is 2.01. The van der Waals surface area contributed by atoms with Crippen LogP contribution in [0.5, 0.6) is 0 Å². The first-order valence-electron chi connectivity index (χ1n) is 5.63. The molecule has 1 aliphatic rings. The predicted molar refractivity (Wildman–Crippen MR) is 57.5 cm³/mol. The monoisotopic (exact) mass is 243 g/mol. The fourth-order valence-electron chi connectivity index (χ4n) is 2.08. The number of ketones is 1. The molecule has 1 saturated heterocycles. The zero-order valence-electron chi connectivity index (χ0n) is 9.64. The van der Waals surface area contributed by atoms with E-state index in [0.29, 0.717) is 31.9 Å². The number of halogens is 2.